The van der Waals surface area contributed by atoms with E-state index in [4.69, 9.17) is 16.3 Å². The Hall–Kier alpha value is -2.60. The molecule has 1 unspecified atom stereocenters. The van der Waals surface area contributed by atoms with Crippen LogP contribution in [0.2, 0.25) is 5.02 Å². The largest absolute Gasteiger partial charge is 0.448 e. The number of aryl methyl sites for hydroxylation is 1. The number of ketones is 1. The normalized spacial score (nSPS) is 11.7. The number of carbonyl (C=O) groups excluding carboxylic acids is 3. The number of ether oxygens (including phenoxy) is 1. The molecule has 6 nitrogen and oxygen atoms in total. The van der Waals surface area contributed by atoms with Gasteiger partial charge in [0.1, 0.15) is 5.69 Å². The van der Waals surface area contributed by atoms with Crippen LogP contribution in [0, 0.1) is 13.8 Å². The highest BCUT2D eigenvalue weighted by Crippen LogP contribution is 2.20. The predicted octanol–water partition coefficient (Wildman–Crippen LogP) is 3.67. The molecule has 1 aromatic carbocycles. The third-order valence-corrected chi connectivity index (χ3v) is 3.97. The number of hydrogen-bond acceptors (Lipinski definition) is 4. The number of aromatic amines is 1. The highest BCUT2D eigenvalue weighted by atomic mass is 35.5. The lowest BCUT2D eigenvalue weighted by Crippen LogP contribution is -2.30. The summed E-state index contributed by atoms with van der Waals surface area (Å²) in [7, 11) is 0. The molecule has 2 aromatic rings. The Morgan fingerprint density at radius 2 is 1.92 bits per heavy atom. The van der Waals surface area contributed by atoms with Crippen molar-refractivity contribution in [1.29, 1.82) is 0 Å². The molecule has 0 aliphatic rings. The molecule has 25 heavy (non-hydrogen) atoms. The summed E-state index contributed by atoms with van der Waals surface area (Å²) in [5, 5.41) is 3.11. The van der Waals surface area contributed by atoms with Crippen molar-refractivity contribution in [2.45, 2.75) is 33.8 Å². The molecular weight excluding hydrogens is 344 g/mol. The zero-order valence-corrected chi connectivity index (χ0v) is 15.2. The van der Waals surface area contributed by atoms with Gasteiger partial charge in [-0.1, -0.05) is 17.7 Å². The molecule has 0 aliphatic heterocycles. The second-order valence-electron chi connectivity index (χ2n) is 5.73. The number of hydrogen-bond donors (Lipinski definition) is 2. The highest BCUT2D eigenvalue weighted by molar-refractivity contribution is 6.30. The first kappa shape index (κ1) is 18.7. The van der Waals surface area contributed by atoms with Gasteiger partial charge in [-0.05, 0) is 51.5 Å². The number of nitrogens with one attached hydrogen (secondary N) is 2. The monoisotopic (exact) mass is 362 g/mol. The second kappa shape index (κ2) is 7.53. The van der Waals surface area contributed by atoms with Gasteiger partial charge in [0.05, 0.1) is 0 Å². The fourth-order valence-electron chi connectivity index (χ4n) is 2.57. The number of anilines is 1. The van der Waals surface area contributed by atoms with Gasteiger partial charge in [-0.15, -0.1) is 0 Å². The van der Waals surface area contributed by atoms with Crippen LogP contribution >= 0.6 is 11.6 Å². The number of carbonyl (C=O) groups is 3. The average Bonchev–Trinajstić information content (AvgIpc) is 2.82. The van der Waals surface area contributed by atoms with Crippen LogP contribution in [-0.4, -0.2) is 28.7 Å². The van der Waals surface area contributed by atoms with Gasteiger partial charge in [-0.25, -0.2) is 4.79 Å². The maximum absolute atomic E-state index is 12.3. The molecule has 1 heterocycles. The van der Waals surface area contributed by atoms with E-state index in [1.165, 1.54) is 13.8 Å². The number of aromatic nitrogens is 1. The van der Waals surface area contributed by atoms with Gasteiger partial charge in [0.25, 0.3) is 5.91 Å². The van der Waals surface area contributed by atoms with E-state index in [0.29, 0.717) is 27.5 Å². The van der Waals surface area contributed by atoms with Crippen molar-refractivity contribution in [2.75, 3.05) is 5.32 Å². The third-order valence-electron chi connectivity index (χ3n) is 3.74. The smallest absolute Gasteiger partial charge is 0.355 e. The van der Waals surface area contributed by atoms with E-state index < -0.39 is 18.0 Å². The van der Waals surface area contributed by atoms with Crippen LogP contribution in [0.5, 0.6) is 0 Å². The minimum atomic E-state index is -1.02. The van der Waals surface area contributed by atoms with Gasteiger partial charge in [0, 0.05) is 22.0 Å². The molecule has 0 bridgehead atoms. The minimum Gasteiger partial charge on any atom is -0.448 e. The number of benzene rings is 1. The SMILES string of the molecule is CC(=O)c1c(C)[nH]c(C(=O)OC(C)C(=O)Nc2cccc(Cl)c2)c1C. The van der Waals surface area contributed by atoms with Gasteiger partial charge in [-0.3, -0.25) is 9.59 Å². The molecular formula is C18H19ClN2O4. The molecule has 2 N–H and O–H groups in total. The van der Waals surface area contributed by atoms with Gasteiger partial charge >= 0.3 is 5.97 Å². The summed E-state index contributed by atoms with van der Waals surface area (Å²) in [6.07, 6.45) is -1.02. The third kappa shape index (κ3) is 4.28. The predicted molar refractivity (Wildman–Crippen MR) is 95.2 cm³/mol. The summed E-state index contributed by atoms with van der Waals surface area (Å²) < 4.78 is 5.20. The Balaban J connectivity index is 2.08. The molecule has 1 atom stereocenters. The number of halogens is 1. The van der Waals surface area contributed by atoms with Crippen LogP contribution in [0.25, 0.3) is 0 Å². The van der Waals surface area contributed by atoms with Gasteiger partial charge in [-0.2, -0.15) is 0 Å². The standard InChI is InChI=1S/C18H19ClN2O4/c1-9-15(11(3)22)10(2)20-16(9)18(24)25-12(4)17(23)21-14-7-5-6-13(19)8-14/h5-8,12,20H,1-4H3,(H,21,23). The summed E-state index contributed by atoms with van der Waals surface area (Å²) in [5.41, 5.74) is 2.24. The lowest BCUT2D eigenvalue weighted by molar-refractivity contribution is -0.123. The lowest BCUT2D eigenvalue weighted by atomic mass is 10.1. The Kier molecular flexibility index (Phi) is 5.64. The van der Waals surface area contributed by atoms with E-state index in [-0.39, 0.29) is 11.5 Å². The molecule has 0 radical (unpaired) electrons. The first-order valence-electron chi connectivity index (χ1n) is 7.68. The Labute approximate surface area is 150 Å². The number of amides is 1. The van der Waals surface area contributed by atoms with E-state index in [1.54, 1.807) is 38.1 Å². The maximum atomic E-state index is 12.3. The number of rotatable bonds is 5. The average molecular weight is 363 g/mol. The molecule has 0 spiro atoms. The summed E-state index contributed by atoms with van der Waals surface area (Å²) in [6, 6.07) is 6.65. The van der Waals surface area contributed by atoms with Crippen LogP contribution in [0.15, 0.2) is 24.3 Å². The van der Waals surface area contributed by atoms with Crippen molar-refractivity contribution in [2.24, 2.45) is 0 Å². The molecule has 0 saturated heterocycles. The zero-order valence-electron chi connectivity index (χ0n) is 14.4. The second-order valence-corrected chi connectivity index (χ2v) is 6.16. The topological polar surface area (TPSA) is 88.3 Å². The van der Waals surface area contributed by atoms with Crippen LogP contribution < -0.4 is 5.32 Å². The Bertz CT molecular complexity index is 842. The Morgan fingerprint density at radius 1 is 1.24 bits per heavy atom. The van der Waals surface area contributed by atoms with E-state index in [9.17, 15) is 14.4 Å². The minimum absolute atomic E-state index is 0.142. The van der Waals surface area contributed by atoms with E-state index >= 15 is 0 Å². The first-order chi connectivity index (χ1) is 11.7. The zero-order chi connectivity index (χ0) is 18.7. The van der Waals surface area contributed by atoms with Gasteiger partial charge < -0.3 is 15.0 Å². The quantitative estimate of drug-likeness (QED) is 0.627. The van der Waals surface area contributed by atoms with Crippen molar-refractivity contribution >= 4 is 34.9 Å². The lowest BCUT2D eigenvalue weighted by Gasteiger charge is -2.13. The van der Waals surface area contributed by atoms with Crippen molar-refractivity contribution in [3.05, 3.63) is 51.8 Å². The summed E-state index contributed by atoms with van der Waals surface area (Å²) in [6.45, 7) is 6.26. The number of Topliss-reactive ketones (excluding diaryl/α,β-unsaturated/α-hetero) is 1. The summed E-state index contributed by atoms with van der Waals surface area (Å²) in [5.74, 6) is -1.32. The molecule has 1 amide bonds. The van der Waals surface area contributed by atoms with E-state index in [1.807, 2.05) is 0 Å². The van der Waals surface area contributed by atoms with Crippen LogP contribution in [0.3, 0.4) is 0 Å². The highest BCUT2D eigenvalue weighted by Gasteiger charge is 2.24. The fraction of sp³-hybridized carbons (Fsp3) is 0.278. The van der Waals surface area contributed by atoms with Crippen molar-refractivity contribution in [1.82, 2.24) is 4.98 Å². The first-order valence-corrected chi connectivity index (χ1v) is 8.06. The molecule has 7 heteroatoms. The summed E-state index contributed by atoms with van der Waals surface area (Å²) >= 11 is 5.86. The number of H-pyrrole nitrogens is 1. The van der Waals surface area contributed by atoms with Gasteiger partial charge in [0.15, 0.2) is 11.9 Å². The van der Waals surface area contributed by atoms with Crippen molar-refractivity contribution < 1.29 is 19.1 Å². The van der Waals surface area contributed by atoms with E-state index in [2.05, 4.69) is 10.3 Å². The molecule has 2 rings (SSSR count). The molecule has 1 aromatic heterocycles. The van der Waals surface area contributed by atoms with Crippen molar-refractivity contribution in [3.8, 4) is 0 Å². The number of esters is 1. The molecule has 0 aliphatic carbocycles. The molecule has 132 valence electrons. The van der Waals surface area contributed by atoms with E-state index in [0.717, 1.165) is 0 Å². The van der Waals surface area contributed by atoms with Crippen LogP contribution in [-0.2, 0) is 9.53 Å². The summed E-state index contributed by atoms with van der Waals surface area (Å²) in [4.78, 5) is 39.0. The van der Waals surface area contributed by atoms with Crippen molar-refractivity contribution in [3.63, 3.8) is 0 Å². The maximum Gasteiger partial charge on any atom is 0.355 e. The molecule has 0 fully saturated rings. The Morgan fingerprint density at radius 3 is 2.48 bits per heavy atom. The fourth-order valence-corrected chi connectivity index (χ4v) is 2.76. The molecule has 0 saturated carbocycles. The van der Waals surface area contributed by atoms with Crippen LogP contribution in [0.4, 0.5) is 5.69 Å². The van der Waals surface area contributed by atoms with Gasteiger partial charge in [0.2, 0.25) is 0 Å². The van der Waals surface area contributed by atoms with Crippen LogP contribution in [0.1, 0.15) is 46.0 Å².